The summed E-state index contributed by atoms with van der Waals surface area (Å²) in [7, 11) is 1.56. The number of alkyl halides is 3. The van der Waals surface area contributed by atoms with Crippen molar-refractivity contribution in [2.75, 3.05) is 30.5 Å². The minimum absolute atomic E-state index is 0.174. The standard InChI is InChI=1S/C15H17F3N2O4S/c1-23-14(6-7-25-9-14)8-19-12(21)13(22)20-10-2-4-11(5-3-10)24-15(16,17)18/h2-5H,6-9H2,1H3,(H,19,21)(H,20,22)/t14-/m0/s1. The van der Waals surface area contributed by atoms with Crippen LogP contribution in [0, 0.1) is 0 Å². The number of thioether (sulfide) groups is 1. The molecule has 0 saturated carbocycles. The highest BCUT2D eigenvalue weighted by Gasteiger charge is 2.35. The Labute approximate surface area is 146 Å². The lowest BCUT2D eigenvalue weighted by atomic mass is 10.0. The number of halogens is 3. The van der Waals surface area contributed by atoms with E-state index in [4.69, 9.17) is 4.74 Å². The molecular weight excluding hydrogens is 361 g/mol. The zero-order chi connectivity index (χ0) is 18.5. The molecule has 1 aliphatic heterocycles. The highest BCUT2D eigenvalue weighted by Crippen LogP contribution is 2.30. The molecule has 0 aromatic heterocycles. The van der Waals surface area contributed by atoms with Crippen molar-refractivity contribution in [1.29, 1.82) is 0 Å². The SMILES string of the molecule is CO[C@]1(CNC(=O)C(=O)Nc2ccc(OC(F)(F)F)cc2)CCSC1. The quantitative estimate of drug-likeness (QED) is 0.768. The van der Waals surface area contributed by atoms with E-state index < -0.39 is 29.5 Å². The van der Waals surface area contributed by atoms with E-state index in [9.17, 15) is 22.8 Å². The largest absolute Gasteiger partial charge is 0.573 e. The Morgan fingerprint density at radius 2 is 1.92 bits per heavy atom. The van der Waals surface area contributed by atoms with Crippen LogP contribution in [0.1, 0.15) is 6.42 Å². The highest BCUT2D eigenvalue weighted by molar-refractivity contribution is 7.99. The Morgan fingerprint density at radius 1 is 1.24 bits per heavy atom. The number of amides is 2. The van der Waals surface area contributed by atoms with Gasteiger partial charge in [0.25, 0.3) is 0 Å². The molecule has 0 bridgehead atoms. The number of hydrogen-bond acceptors (Lipinski definition) is 5. The molecule has 6 nitrogen and oxygen atoms in total. The maximum atomic E-state index is 12.1. The molecule has 1 atom stereocenters. The molecule has 0 radical (unpaired) electrons. The second kappa shape index (κ2) is 7.96. The van der Waals surface area contributed by atoms with Gasteiger partial charge in [0.2, 0.25) is 0 Å². The highest BCUT2D eigenvalue weighted by atomic mass is 32.2. The van der Waals surface area contributed by atoms with Crippen LogP contribution in [-0.2, 0) is 14.3 Å². The van der Waals surface area contributed by atoms with Gasteiger partial charge in [-0.05, 0) is 36.4 Å². The Balaban J connectivity index is 1.85. The number of benzene rings is 1. The first-order chi connectivity index (χ1) is 11.7. The Kier molecular flexibility index (Phi) is 6.17. The summed E-state index contributed by atoms with van der Waals surface area (Å²) >= 11 is 1.70. The lowest BCUT2D eigenvalue weighted by Crippen LogP contribution is -2.47. The van der Waals surface area contributed by atoms with Crippen molar-refractivity contribution in [2.45, 2.75) is 18.4 Å². The zero-order valence-corrected chi connectivity index (χ0v) is 14.1. The van der Waals surface area contributed by atoms with Gasteiger partial charge in [-0.2, -0.15) is 11.8 Å². The van der Waals surface area contributed by atoms with Crippen molar-refractivity contribution in [3.63, 3.8) is 0 Å². The average Bonchev–Trinajstić information content (AvgIpc) is 3.02. The summed E-state index contributed by atoms with van der Waals surface area (Å²) in [6.07, 6.45) is -4.02. The molecule has 2 N–H and O–H groups in total. The first-order valence-electron chi connectivity index (χ1n) is 7.31. The maximum absolute atomic E-state index is 12.1. The monoisotopic (exact) mass is 378 g/mol. The van der Waals surface area contributed by atoms with E-state index in [0.717, 1.165) is 30.1 Å². The second-order valence-electron chi connectivity index (χ2n) is 5.40. The van der Waals surface area contributed by atoms with Crippen molar-refractivity contribution in [3.8, 4) is 5.75 Å². The lowest BCUT2D eigenvalue weighted by Gasteiger charge is -2.26. The van der Waals surface area contributed by atoms with Crippen LogP contribution in [-0.4, -0.2) is 48.9 Å². The van der Waals surface area contributed by atoms with Gasteiger partial charge in [0.15, 0.2) is 0 Å². The molecular formula is C15H17F3N2O4S. The van der Waals surface area contributed by atoms with Crippen molar-refractivity contribution >= 4 is 29.3 Å². The van der Waals surface area contributed by atoms with E-state index in [-0.39, 0.29) is 12.2 Å². The van der Waals surface area contributed by atoms with Crippen LogP contribution in [0.25, 0.3) is 0 Å². The molecule has 10 heteroatoms. The molecule has 1 aromatic rings. The van der Waals surface area contributed by atoms with E-state index in [1.807, 2.05) is 0 Å². The summed E-state index contributed by atoms with van der Waals surface area (Å²) in [5, 5.41) is 4.82. The van der Waals surface area contributed by atoms with Crippen molar-refractivity contribution in [2.24, 2.45) is 0 Å². The number of ether oxygens (including phenoxy) is 2. The second-order valence-corrected chi connectivity index (χ2v) is 6.50. The van der Waals surface area contributed by atoms with Gasteiger partial charge in [-0.1, -0.05) is 0 Å². The molecule has 2 amide bonds. The summed E-state index contributed by atoms with van der Waals surface area (Å²) < 4.78 is 45.4. The first-order valence-corrected chi connectivity index (χ1v) is 8.46. The van der Waals surface area contributed by atoms with Gasteiger partial charge >= 0.3 is 18.2 Å². The van der Waals surface area contributed by atoms with Gasteiger partial charge in [-0.25, -0.2) is 0 Å². The van der Waals surface area contributed by atoms with Crippen molar-refractivity contribution in [3.05, 3.63) is 24.3 Å². The Bertz CT molecular complexity index is 616. The fourth-order valence-electron chi connectivity index (χ4n) is 2.21. The van der Waals surface area contributed by atoms with Gasteiger partial charge in [0, 0.05) is 25.1 Å². The van der Waals surface area contributed by atoms with E-state index in [2.05, 4.69) is 15.4 Å². The van der Waals surface area contributed by atoms with Crippen LogP contribution >= 0.6 is 11.8 Å². The fourth-order valence-corrected chi connectivity index (χ4v) is 3.61. The molecule has 1 aromatic carbocycles. The summed E-state index contributed by atoms with van der Waals surface area (Å²) in [6, 6.07) is 4.49. The normalized spacial score (nSPS) is 20.2. The molecule has 2 rings (SSSR count). The molecule has 0 aliphatic carbocycles. The third kappa shape index (κ3) is 5.82. The molecule has 138 valence electrons. The van der Waals surface area contributed by atoms with Gasteiger partial charge in [0.1, 0.15) is 5.75 Å². The van der Waals surface area contributed by atoms with Gasteiger partial charge in [-0.3, -0.25) is 9.59 Å². The van der Waals surface area contributed by atoms with Gasteiger partial charge in [0.05, 0.1) is 5.60 Å². The van der Waals surface area contributed by atoms with Crippen molar-refractivity contribution in [1.82, 2.24) is 5.32 Å². The molecule has 1 saturated heterocycles. The molecule has 1 fully saturated rings. The van der Waals surface area contributed by atoms with Crippen LogP contribution < -0.4 is 15.4 Å². The van der Waals surface area contributed by atoms with E-state index in [1.54, 1.807) is 18.9 Å². The third-order valence-electron chi connectivity index (χ3n) is 3.62. The Morgan fingerprint density at radius 3 is 2.44 bits per heavy atom. The topological polar surface area (TPSA) is 76.7 Å². The predicted molar refractivity (Wildman–Crippen MR) is 86.4 cm³/mol. The number of methoxy groups -OCH3 is 1. The van der Waals surface area contributed by atoms with Crippen LogP contribution in [0.5, 0.6) is 5.75 Å². The molecule has 0 unspecified atom stereocenters. The molecule has 25 heavy (non-hydrogen) atoms. The van der Waals surface area contributed by atoms with Crippen LogP contribution in [0.4, 0.5) is 18.9 Å². The summed E-state index contributed by atoms with van der Waals surface area (Å²) in [5.41, 5.74) is -0.301. The molecule has 1 heterocycles. The van der Waals surface area contributed by atoms with Crippen LogP contribution in [0.3, 0.4) is 0 Å². The summed E-state index contributed by atoms with van der Waals surface area (Å²) in [5.74, 6) is -0.532. The minimum Gasteiger partial charge on any atom is -0.406 e. The lowest BCUT2D eigenvalue weighted by molar-refractivity contribution is -0.274. The minimum atomic E-state index is -4.79. The molecule has 0 spiro atoms. The summed E-state index contributed by atoms with van der Waals surface area (Å²) in [6.45, 7) is 0.209. The maximum Gasteiger partial charge on any atom is 0.573 e. The van der Waals surface area contributed by atoms with Gasteiger partial charge in [-0.15, -0.1) is 13.2 Å². The van der Waals surface area contributed by atoms with Gasteiger partial charge < -0.3 is 20.1 Å². The fraction of sp³-hybridized carbons (Fsp3) is 0.467. The number of rotatable bonds is 5. The summed E-state index contributed by atoms with van der Waals surface area (Å²) in [4.78, 5) is 23.7. The van der Waals surface area contributed by atoms with Crippen LogP contribution in [0.2, 0.25) is 0 Å². The predicted octanol–water partition coefficient (Wildman–Crippen LogP) is 2.16. The van der Waals surface area contributed by atoms with E-state index >= 15 is 0 Å². The van der Waals surface area contributed by atoms with Crippen molar-refractivity contribution < 1.29 is 32.2 Å². The smallest absolute Gasteiger partial charge is 0.406 e. The average molecular weight is 378 g/mol. The number of anilines is 1. The third-order valence-corrected chi connectivity index (χ3v) is 4.85. The van der Waals surface area contributed by atoms with Crippen LogP contribution in [0.15, 0.2) is 24.3 Å². The zero-order valence-electron chi connectivity index (χ0n) is 13.3. The number of carbonyl (C=O) groups is 2. The number of carbonyl (C=O) groups excluding carboxylic acids is 2. The van der Waals surface area contributed by atoms with E-state index in [1.165, 1.54) is 12.1 Å². The Hall–Kier alpha value is -1.94. The van der Waals surface area contributed by atoms with E-state index in [0.29, 0.717) is 0 Å². The number of hydrogen-bond donors (Lipinski definition) is 2. The number of nitrogens with one attached hydrogen (secondary N) is 2. The first kappa shape index (κ1) is 19.4. The molecule has 1 aliphatic rings.